The summed E-state index contributed by atoms with van der Waals surface area (Å²) >= 11 is 0. The van der Waals surface area contributed by atoms with Crippen LogP contribution in [0.3, 0.4) is 0 Å². The molecule has 0 amide bonds. The molecule has 0 aliphatic rings. The van der Waals surface area contributed by atoms with Crippen molar-refractivity contribution in [1.82, 2.24) is 0 Å². The van der Waals surface area contributed by atoms with Crippen LogP contribution in [-0.2, 0) is 26.2 Å². The van der Waals surface area contributed by atoms with Crippen LogP contribution in [0.1, 0.15) is 130 Å². The Bertz CT molecular complexity index is 375. The van der Waals surface area contributed by atoms with Crippen LogP contribution in [0, 0.1) is 0 Å². The maximum atomic E-state index is 11.6. The summed E-state index contributed by atoms with van der Waals surface area (Å²) in [5, 5.41) is 0. The maximum Gasteiger partial charge on any atom is 2.00 e. The Morgan fingerprint density at radius 3 is 0.774 bits per heavy atom. The molecule has 0 aliphatic carbocycles. The molecule has 0 heterocycles. The minimum atomic E-state index is -3.02. The molecule has 0 rings (SSSR count). The van der Waals surface area contributed by atoms with E-state index in [1.807, 2.05) is 0 Å². The number of unbranched alkanes of at least 4 members (excludes halogenated alkanes) is 12. The van der Waals surface area contributed by atoms with Gasteiger partial charge < -0.3 is 18.9 Å². The van der Waals surface area contributed by atoms with Crippen LogP contribution in [0.4, 0.5) is 0 Å². The zero-order chi connectivity index (χ0) is 23.1. The van der Waals surface area contributed by atoms with Crippen molar-refractivity contribution in [1.29, 1.82) is 0 Å². The van der Waals surface area contributed by atoms with Crippen molar-refractivity contribution >= 4 is 14.7 Å². The molecule has 0 aromatic carbocycles. The third-order valence-electron chi connectivity index (χ3n) is 5.41. The largest absolute Gasteiger partial charge is 2.00 e. The monoisotopic (exact) mass is 522 g/mol. The van der Waals surface area contributed by atoms with Gasteiger partial charge in [0.2, 0.25) is 0 Å². The van der Waals surface area contributed by atoms with Crippen molar-refractivity contribution in [3.05, 3.63) is 0 Å². The van der Waals surface area contributed by atoms with Crippen LogP contribution >= 0.6 is 14.7 Å². The summed E-state index contributed by atoms with van der Waals surface area (Å²) in [6.45, 7) is 8.56. The molecule has 0 atom stereocenters. The Kier molecular flexibility index (Phi) is 30.0. The Morgan fingerprint density at radius 1 is 0.419 bits per heavy atom. The normalized spacial score (nSPS) is 11.5. The Morgan fingerprint density at radius 2 is 0.613 bits per heavy atom. The molecule has 0 radical (unpaired) electrons. The molecule has 7 heteroatoms. The smallest absolute Gasteiger partial charge is 0.799 e. The standard InChI is InChI=1S/2C12H27O2P.Fe/c2*1-3-5-7-9-11-15(13,14)12-10-8-6-4-2;/h2*3-12H2,1-2H3,(H,13,14);/q;;+2/p-2. The summed E-state index contributed by atoms with van der Waals surface area (Å²) in [7, 11) is -6.05. The fourth-order valence-corrected chi connectivity index (χ4v) is 6.61. The molecule has 0 spiro atoms. The van der Waals surface area contributed by atoms with Crippen molar-refractivity contribution < 1.29 is 36.0 Å². The molecule has 0 fully saturated rings. The second kappa shape index (κ2) is 25.5. The number of hydrogen-bond acceptors (Lipinski definition) is 4. The van der Waals surface area contributed by atoms with E-state index in [0.717, 1.165) is 77.0 Å². The van der Waals surface area contributed by atoms with E-state index >= 15 is 0 Å². The van der Waals surface area contributed by atoms with Crippen molar-refractivity contribution in [3.63, 3.8) is 0 Å². The van der Waals surface area contributed by atoms with Crippen LogP contribution in [0.15, 0.2) is 0 Å². The average Bonchev–Trinajstić information content (AvgIpc) is 2.70. The summed E-state index contributed by atoms with van der Waals surface area (Å²) in [6.07, 6.45) is 18.8. The summed E-state index contributed by atoms with van der Waals surface area (Å²) in [5.74, 6) is 0. The maximum absolute atomic E-state index is 11.6. The van der Waals surface area contributed by atoms with E-state index in [1.54, 1.807) is 0 Å². The molecular weight excluding hydrogens is 470 g/mol. The predicted molar refractivity (Wildman–Crippen MR) is 131 cm³/mol. The molecule has 0 saturated carbocycles. The van der Waals surface area contributed by atoms with E-state index in [-0.39, 0.29) is 17.1 Å². The average molecular weight is 522 g/mol. The Hall–Kier alpha value is 0.899. The first-order valence-corrected chi connectivity index (χ1v) is 16.8. The summed E-state index contributed by atoms with van der Waals surface area (Å²) < 4.78 is 23.2. The van der Waals surface area contributed by atoms with Gasteiger partial charge in [0, 0.05) is 14.7 Å². The third kappa shape index (κ3) is 30.9. The minimum absolute atomic E-state index is 0. The quantitative estimate of drug-likeness (QED) is 0.0938. The van der Waals surface area contributed by atoms with Gasteiger partial charge in [-0.3, -0.25) is 0 Å². The van der Waals surface area contributed by atoms with E-state index in [2.05, 4.69) is 27.7 Å². The predicted octanol–water partition coefficient (Wildman–Crippen LogP) is 7.57. The van der Waals surface area contributed by atoms with Gasteiger partial charge in [0.15, 0.2) is 0 Å². The second-order valence-corrected chi connectivity index (χ2v) is 13.8. The fourth-order valence-electron chi connectivity index (χ4n) is 3.34. The van der Waals surface area contributed by atoms with Crippen LogP contribution < -0.4 is 9.79 Å². The van der Waals surface area contributed by atoms with Crippen molar-refractivity contribution in [2.24, 2.45) is 0 Å². The van der Waals surface area contributed by atoms with E-state index in [9.17, 15) is 18.9 Å². The number of hydrogen-bond donors (Lipinski definition) is 0. The molecule has 0 saturated heterocycles. The van der Waals surface area contributed by atoms with Gasteiger partial charge in [-0.15, -0.1) is 0 Å². The first-order chi connectivity index (χ1) is 14.2. The molecular formula is C24H52FeO4P2. The first-order valence-electron chi connectivity index (χ1n) is 12.8. The molecule has 0 aromatic heterocycles. The Labute approximate surface area is 205 Å². The molecule has 0 bridgehead atoms. The van der Waals surface area contributed by atoms with E-state index in [1.165, 1.54) is 25.7 Å². The molecule has 0 N–H and O–H groups in total. The van der Waals surface area contributed by atoms with Crippen LogP contribution in [0.2, 0.25) is 0 Å². The van der Waals surface area contributed by atoms with Gasteiger partial charge in [-0.05, 0) is 50.3 Å². The van der Waals surface area contributed by atoms with Crippen molar-refractivity contribution in [2.45, 2.75) is 130 Å². The fraction of sp³-hybridized carbons (Fsp3) is 1.00. The summed E-state index contributed by atoms with van der Waals surface area (Å²) in [5.41, 5.74) is 0. The molecule has 4 nitrogen and oxygen atoms in total. The van der Waals surface area contributed by atoms with E-state index in [0.29, 0.717) is 24.6 Å². The van der Waals surface area contributed by atoms with Crippen molar-refractivity contribution in [2.75, 3.05) is 24.6 Å². The summed E-state index contributed by atoms with van der Waals surface area (Å²) in [6, 6.07) is 0. The van der Waals surface area contributed by atoms with Gasteiger partial charge >= 0.3 is 17.1 Å². The van der Waals surface area contributed by atoms with Crippen LogP contribution in [0.25, 0.3) is 0 Å². The molecule has 0 aliphatic heterocycles. The number of rotatable bonds is 20. The van der Waals surface area contributed by atoms with E-state index in [4.69, 9.17) is 0 Å². The van der Waals surface area contributed by atoms with Crippen LogP contribution in [0.5, 0.6) is 0 Å². The summed E-state index contributed by atoms with van der Waals surface area (Å²) in [4.78, 5) is 23.2. The molecule has 31 heavy (non-hydrogen) atoms. The third-order valence-corrected chi connectivity index (χ3v) is 9.40. The zero-order valence-electron chi connectivity index (χ0n) is 21.0. The minimum Gasteiger partial charge on any atom is -0.799 e. The van der Waals surface area contributed by atoms with Crippen molar-refractivity contribution in [3.8, 4) is 0 Å². The first kappa shape index (κ1) is 36.5. The van der Waals surface area contributed by atoms with Gasteiger partial charge in [0.1, 0.15) is 0 Å². The van der Waals surface area contributed by atoms with Crippen LogP contribution in [-0.4, -0.2) is 24.6 Å². The Balaban J connectivity index is -0.000000490. The van der Waals surface area contributed by atoms with E-state index < -0.39 is 14.7 Å². The zero-order valence-corrected chi connectivity index (χ0v) is 23.9. The second-order valence-electron chi connectivity index (χ2n) is 8.77. The van der Waals surface area contributed by atoms with Gasteiger partial charge in [-0.1, -0.05) is 105 Å². The molecule has 0 aromatic rings. The topological polar surface area (TPSA) is 80.3 Å². The van der Waals surface area contributed by atoms with Gasteiger partial charge in [-0.25, -0.2) is 0 Å². The van der Waals surface area contributed by atoms with Gasteiger partial charge in [0.25, 0.3) is 0 Å². The molecule has 0 unspecified atom stereocenters. The molecule has 190 valence electrons. The van der Waals surface area contributed by atoms with Gasteiger partial charge in [-0.2, -0.15) is 0 Å². The van der Waals surface area contributed by atoms with Gasteiger partial charge in [0.05, 0.1) is 0 Å². The SMILES string of the molecule is CCCCCCP(=O)([O-])CCCCCC.CCCCCCP(=O)([O-])CCCCCC.[Fe+2].